The van der Waals surface area contributed by atoms with Crippen LogP contribution in [0.5, 0.6) is 0 Å². The van der Waals surface area contributed by atoms with Crippen molar-refractivity contribution in [2.75, 3.05) is 72.0 Å². The smallest absolute Gasteiger partial charge is 0.225 e. The van der Waals surface area contributed by atoms with Gasteiger partial charge in [0, 0.05) is 89.4 Å². The monoisotopic (exact) mass is 574 g/mol. The molecule has 3 aliphatic rings. The molecule has 1 saturated carbocycles. The van der Waals surface area contributed by atoms with Gasteiger partial charge in [0.25, 0.3) is 0 Å². The van der Waals surface area contributed by atoms with Crippen molar-refractivity contribution >= 4 is 17.1 Å². The first-order valence-corrected chi connectivity index (χ1v) is 15.5. The Hall–Kier alpha value is -2.98. The number of ether oxygens (including phenoxy) is 2. The molecular formula is C33H46N6O3. The molecule has 1 aliphatic carbocycles. The molecule has 1 atom stereocenters. The molecule has 2 aliphatic heterocycles. The van der Waals surface area contributed by atoms with Gasteiger partial charge in [-0.05, 0) is 62.9 Å². The highest BCUT2D eigenvalue weighted by Gasteiger charge is 2.38. The molecule has 2 aromatic heterocycles. The number of piperazine rings is 1. The van der Waals surface area contributed by atoms with Gasteiger partial charge in [0.2, 0.25) is 5.91 Å². The standard InChI is InChI=1S/C33H46N6O3/c1-24(23-41-3)36-13-10-33(42-4,11-14-36)28-7-5-25(6-8-28)27-21-31-30(9-12-35-39(31)22-27)37-15-17-38(18-16-37)32(40)26-19-29(20-26)34-2/h5-9,12,21-22,24,26,29,34H,10-11,13-20,23H2,1-4H3/t24-,26?,29?/m1/s1. The third-order valence-corrected chi connectivity index (χ3v) is 10.1. The molecule has 1 N–H and O–H groups in total. The van der Waals surface area contributed by atoms with Crippen LogP contribution in [0.25, 0.3) is 16.6 Å². The number of nitrogens with one attached hydrogen (secondary N) is 1. The van der Waals surface area contributed by atoms with Crippen LogP contribution in [0.2, 0.25) is 0 Å². The van der Waals surface area contributed by atoms with E-state index >= 15 is 0 Å². The molecule has 0 unspecified atom stereocenters. The molecule has 4 heterocycles. The zero-order valence-electron chi connectivity index (χ0n) is 25.6. The van der Waals surface area contributed by atoms with E-state index in [0.717, 1.165) is 82.6 Å². The first-order valence-electron chi connectivity index (χ1n) is 15.5. The number of aromatic nitrogens is 2. The van der Waals surface area contributed by atoms with Crippen LogP contribution in [-0.4, -0.2) is 105 Å². The fourth-order valence-electron chi connectivity index (χ4n) is 7.16. The molecule has 3 fully saturated rings. The number of methoxy groups -OCH3 is 2. The predicted octanol–water partition coefficient (Wildman–Crippen LogP) is 3.62. The van der Waals surface area contributed by atoms with Crippen LogP contribution >= 0.6 is 0 Å². The van der Waals surface area contributed by atoms with Gasteiger partial charge in [-0.3, -0.25) is 9.69 Å². The Morgan fingerprint density at radius 1 is 1.02 bits per heavy atom. The minimum absolute atomic E-state index is 0.192. The molecular weight excluding hydrogens is 528 g/mol. The number of anilines is 1. The van der Waals surface area contributed by atoms with E-state index in [0.29, 0.717) is 18.0 Å². The van der Waals surface area contributed by atoms with Gasteiger partial charge in [0.15, 0.2) is 0 Å². The molecule has 9 nitrogen and oxygen atoms in total. The van der Waals surface area contributed by atoms with Crippen molar-refractivity contribution in [2.24, 2.45) is 5.92 Å². The summed E-state index contributed by atoms with van der Waals surface area (Å²) >= 11 is 0. The number of likely N-dealkylation sites (tertiary alicyclic amines) is 1. The van der Waals surface area contributed by atoms with Crippen molar-refractivity contribution < 1.29 is 14.3 Å². The first-order chi connectivity index (χ1) is 20.4. The third kappa shape index (κ3) is 5.55. The second-order valence-corrected chi connectivity index (χ2v) is 12.4. The van der Waals surface area contributed by atoms with Gasteiger partial charge in [-0.1, -0.05) is 24.3 Å². The average molecular weight is 575 g/mol. The van der Waals surface area contributed by atoms with E-state index in [1.807, 2.05) is 24.9 Å². The SMILES string of the molecule is CNC1CC(C(=O)N2CCN(c3ccnn4cc(-c5ccc(C6(OC)CCN([C@H](C)COC)CC6)cc5)cc34)CC2)C1. The van der Waals surface area contributed by atoms with Gasteiger partial charge < -0.3 is 24.6 Å². The van der Waals surface area contributed by atoms with Gasteiger partial charge in [-0.2, -0.15) is 5.10 Å². The third-order valence-electron chi connectivity index (χ3n) is 10.1. The van der Waals surface area contributed by atoms with E-state index in [-0.39, 0.29) is 11.5 Å². The van der Waals surface area contributed by atoms with Crippen molar-refractivity contribution in [1.29, 1.82) is 0 Å². The number of carbonyl (C=O) groups excluding carboxylic acids is 1. The molecule has 0 bridgehead atoms. The molecule has 226 valence electrons. The highest BCUT2D eigenvalue weighted by Crippen LogP contribution is 2.38. The van der Waals surface area contributed by atoms with Crippen molar-refractivity contribution in [2.45, 2.75) is 50.3 Å². The molecule has 42 heavy (non-hydrogen) atoms. The summed E-state index contributed by atoms with van der Waals surface area (Å²) in [4.78, 5) is 19.9. The number of hydrogen-bond donors (Lipinski definition) is 1. The van der Waals surface area contributed by atoms with Gasteiger partial charge in [-0.25, -0.2) is 4.52 Å². The lowest BCUT2D eigenvalue weighted by Crippen LogP contribution is -2.54. The van der Waals surface area contributed by atoms with Crippen molar-refractivity contribution in [3.05, 3.63) is 54.4 Å². The van der Waals surface area contributed by atoms with Gasteiger partial charge in [0.05, 0.1) is 23.4 Å². The largest absolute Gasteiger partial charge is 0.383 e. The maximum Gasteiger partial charge on any atom is 0.225 e. The minimum atomic E-state index is -0.251. The molecule has 1 aromatic carbocycles. The van der Waals surface area contributed by atoms with Crippen LogP contribution in [0.1, 0.15) is 38.2 Å². The average Bonchev–Trinajstić information content (AvgIpc) is 3.46. The molecule has 0 spiro atoms. The number of amides is 1. The molecule has 6 rings (SSSR count). The number of carbonyl (C=O) groups is 1. The first kappa shape index (κ1) is 29.1. The zero-order valence-corrected chi connectivity index (χ0v) is 25.6. The van der Waals surface area contributed by atoms with E-state index < -0.39 is 0 Å². The van der Waals surface area contributed by atoms with Crippen LogP contribution in [0.15, 0.2) is 48.8 Å². The van der Waals surface area contributed by atoms with Crippen molar-refractivity contribution in [3.63, 3.8) is 0 Å². The number of hydrogen-bond acceptors (Lipinski definition) is 7. The number of fused-ring (bicyclic) bond motifs is 1. The van der Waals surface area contributed by atoms with Gasteiger partial charge >= 0.3 is 0 Å². The minimum Gasteiger partial charge on any atom is -0.383 e. The summed E-state index contributed by atoms with van der Waals surface area (Å²) in [5.41, 5.74) is 5.58. The number of piperidine rings is 1. The lowest BCUT2D eigenvalue weighted by molar-refractivity contribution is -0.139. The van der Waals surface area contributed by atoms with Crippen LogP contribution in [0.4, 0.5) is 5.69 Å². The Labute approximate surface area is 249 Å². The van der Waals surface area contributed by atoms with Crippen LogP contribution in [0, 0.1) is 5.92 Å². The summed E-state index contributed by atoms with van der Waals surface area (Å²) in [7, 11) is 5.60. The summed E-state index contributed by atoms with van der Waals surface area (Å²) in [6.45, 7) is 8.20. The summed E-state index contributed by atoms with van der Waals surface area (Å²) in [6, 6.07) is 14.2. The molecule has 9 heteroatoms. The van der Waals surface area contributed by atoms with Gasteiger partial charge in [-0.15, -0.1) is 0 Å². The maximum absolute atomic E-state index is 12.9. The quantitative estimate of drug-likeness (QED) is 0.419. The fourth-order valence-corrected chi connectivity index (χ4v) is 7.16. The topological polar surface area (TPSA) is 74.6 Å². The van der Waals surface area contributed by atoms with Crippen molar-refractivity contribution in [3.8, 4) is 11.1 Å². The molecule has 2 saturated heterocycles. The maximum atomic E-state index is 12.9. The Morgan fingerprint density at radius 3 is 2.38 bits per heavy atom. The van der Waals surface area contributed by atoms with E-state index in [1.165, 1.54) is 16.8 Å². The second-order valence-electron chi connectivity index (χ2n) is 12.4. The van der Waals surface area contributed by atoms with Gasteiger partial charge in [0.1, 0.15) is 0 Å². The van der Waals surface area contributed by atoms with E-state index in [2.05, 4.69) is 74.6 Å². The number of benzene rings is 1. The lowest BCUT2D eigenvalue weighted by Gasteiger charge is -2.43. The van der Waals surface area contributed by atoms with Crippen LogP contribution in [0.3, 0.4) is 0 Å². The predicted molar refractivity (Wildman–Crippen MR) is 166 cm³/mol. The van der Waals surface area contributed by atoms with Crippen LogP contribution < -0.4 is 10.2 Å². The van der Waals surface area contributed by atoms with E-state index in [1.54, 1.807) is 7.11 Å². The summed E-state index contributed by atoms with van der Waals surface area (Å²) in [5, 5.41) is 7.90. The summed E-state index contributed by atoms with van der Waals surface area (Å²) in [5.74, 6) is 0.522. The normalized spacial score (nSPS) is 23.6. The number of rotatable bonds is 9. The molecule has 1 amide bonds. The van der Waals surface area contributed by atoms with E-state index in [4.69, 9.17) is 9.47 Å². The fraction of sp³-hybridized carbons (Fsp3) is 0.576. The molecule has 0 radical (unpaired) electrons. The van der Waals surface area contributed by atoms with E-state index in [9.17, 15) is 4.79 Å². The van der Waals surface area contributed by atoms with Crippen molar-refractivity contribution in [1.82, 2.24) is 24.7 Å². The highest BCUT2D eigenvalue weighted by molar-refractivity contribution is 5.82. The Kier molecular flexibility index (Phi) is 8.54. The lowest BCUT2D eigenvalue weighted by atomic mass is 9.79. The highest BCUT2D eigenvalue weighted by atomic mass is 16.5. The zero-order chi connectivity index (χ0) is 29.3. The Morgan fingerprint density at radius 2 is 1.74 bits per heavy atom. The second kappa shape index (κ2) is 12.3. The summed E-state index contributed by atoms with van der Waals surface area (Å²) < 4.78 is 13.5. The summed E-state index contributed by atoms with van der Waals surface area (Å²) in [6.07, 6.45) is 7.86. The van der Waals surface area contributed by atoms with Crippen LogP contribution in [-0.2, 0) is 19.9 Å². The Bertz CT molecular complexity index is 1350. The number of nitrogens with zero attached hydrogens (tertiary/aromatic N) is 5. The molecule has 3 aromatic rings. The Balaban J connectivity index is 1.13.